The molecule has 0 amide bonds. The number of hydrogen-bond donors (Lipinski definition) is 2. The zero-order valence-electron chi connectivity index (χ0n) is 11.6. The molecule has 0 spiro atoms. The first-order valence-electron chi connectivity index (χ1n) is 6.50. The summed E-state index contributed by atoms with van der Waals surface area (Å²) in [5, 5.41) is 9.45. The zero-order chi connectivity index (χ0) is 15.2. The van der Waals surface area contributed by atoms with Gasteiger partial charge in [-0.25, -0.2) is 13.1 Å². The maximum atomic E-state index is 12.2. The zero-order valence-corrected chi connectivity index (χ0v) is 13.2. The Morgan fingerprint density at radius 2 is 2.10 bits per heavy atom. The van der Waals surface area contributed by atoms with Crippen LogP contribution in [0.1, 0.15) is 26.7 Å². The standard InChI is InChI=1S/C13H20ClNO4S/c1-3-7-19-13-8-11(5-6-12(13)14)20(17,18)15-10(4-2)9-16/h5-6,8,10,15-16H,3-4,7,9H2,1-2H3. The summed E-state index contributed by atoms with van der Waals surface area (Å²) in [6.45, 7) is 3.96. The van der Waals surface area contributed by atoms with Gasteiger partial charge in [0.1, 0.15) is 5.75 Å². The lowest BCUT2D eigenvalue weighted by Gasteiger charge is -2.15. The molecule has 0 saturated carbocycles. The van der Waals surface area contributed by atoms with Crippen molar-refractivity contribution in [2.75, 3.05) is 13.2 Å². The summed E-state index contributed by atoms with van der Waals surface area (Å²) in [6, 6.07) is 3.79. The summed E-state index contributed by atoms with van der Waals surface area (Å²) in [5.74, 6) is 0.341. The van der Waals surface area contributed by atoms with Crippen molar-refractivity contribution in [3.8, 4) is 5.75 Å². The Kier molecular flexibility index (Phi) is 6.75. The largest absolute Gasteiger partial charge is 0.492 e. The van der Waals surface area contributed by atoms with Crippen LogP contribution in [-0.4, -0.2) is 32.8 Å². The summed E-state index contributed by atoms with van der Waals surface area (Å²) < 4.78 is 32.2. The molecule has 0 aromatic heterocycles. The quantitative estimate of drug-likeness (QED) is 0.769. The van der Waals surface area contributed by atoms with E-state index in [1.165, 1.54) is 18.2 Å². The van der Waals surface area contributed by atoms with E-state index in [0.29, 0.717) is 23.8 Å². The van der Waals surface area contributed by atoms with Crippen molar-refractivity contribution in [2.24, 2.45) is 0 Å². The van der Waals surface area contributed by atoms with E-state index in [-0.39, 0.29) is 11.5 Å². The molecule has 0 aliphatic carbocycles. The third-order valence-electron chi connectivity index (χ3n) is 2.71. The molecule has 1 aromatic rings. The Labute approximate surface area is 125 Å². The molecular weight excluding hydrogens is 302 g/mol. The van der Waals surface area contributed by atoms with Gasteiger partial charge >= 0.3 is 0 Å². The van der Waals surface area contributed by atoms with E-state index in [9.17, 15) is 8.42 Å². The summed E-state index contributed by atoms with van der Waals surface area (Å²) in [5.41, 5.74) is 0. The first-order chi connectivity index (χ1) is 9.44. The molecule has 7 heteroatoms. The first-order valence-corrected chi connectivity index (χ1v) is 8.36. The minimum Gasteiger partial charge on any atom is -0.492 e. The topological polar surface area (TPSA) is 75.6 Å². The van der Waals surface area contributed by atoms with Gasteiger partial charge in [-0.15, -0.1) is 0 Å². The van der Waals surface area contributed by atoms with Crippen LogP contribution in [0.15, 0.2) is 23.1 Å². The Balaban J connectivity index is 3.00. The van der Waals surface area contributed by atoms with Gasteiger partial charge in [0.05, 0.1) is 23.1 Å². The number of hydrogen-bond acceptors (Lipinski definition) is 4. The van der Waals surface area contributed by atoms with Gasteiger partial charge in [-0.1, -0.05) is 25.4 Å². The van der Waals surface area contributed by atoms with Crippen LogP contribution < -0.4 is 9.46 Å². The lowest BCUT2D eigenvalue weighted by Crippen LogP contribution is -2.36. The van der Waals surface area contributed by atoms with Gasteiger partial charge in [0.2, 0.25) is 10.0 Å². The third kappa shape index (κ3) is 4.63. The van der Waals surface area contributed by atoms with Crippen molar-refractivity contribution < 1.29 is 18.3 Å². The predicted octanol–water partition coefficient (Wildman–Crippen LogP) is 2.18. The maximum absolute atomic E-state index is 12.2. The number of aliphatic hydroxyl groups is 1. The van der Waals surface area contributed by atoms with Gasteiger partial charge in [0.25, 0.3) is 0 Å². The van der Waals surface area contributed by atoms with E-state index in [1.807, 2.05) is 6.92 Å². The van der Waals surface area contributed by atoms with E-state index in [4.69, 9.17) is 21.4 Å². The van der Waals surface area contributed by atoms with E-state index in [1.54, 1.807) is 6.92 Å². The predicted molar refractivity (Wildman–Crippen MR) is 78.7 cm³/mol. The molecule has 114 valence electrons. The summed E-state index contributed by atoms with van der Waals surface area (Å²) in [4.78, 5) is 0.0694. The second kappa shape index (κ2) is 7.83. The van der Waals surface area contributed by atoms with E-state index in [0.717, 1.165) is 6.42 Å². The van der Waals surface area contributed by atoms with Crippen LogP contribution in [0.4, 0.5) is 0 Å². The first kappa shape index (κ1) is 17.2. The Morgan fingerprint density at radius 1 is 1.40 bits per heavy atom. The molecule has 1 rings (SSSR count). The highest BCUT2D eigenvalue weighted by Crippen LogP contribution is 2.27. The van der Waals surface area contributed by atoms with Crippen LogP contribution in [0, 0.1) is 0 Å². The molecule has 0 aliphatic heterocycles. The van der Waals surface area contributed by atoms with Gasteiger partial charge in [0.15, 0.2) is 0 Å². The average Bonchev–Trinajstić information content (AvgIpc) is 2.43. The minimum atomic E-state index is -3.70. The molecule has 5 nitrogen and oxygen atoms in total. The minimum absolute atomic E-state index is 0.0694. The molecule has 1 atom stereocenters. The van der Waals surface area contributed by atoms with Gasteiger partial charge in [0, 0.05) is 12.1 Å². The summed E-state index contributed by atoms with van der Waals surface area (Å²) in [7, 11) is -3.70. The molecule has 0 radical (unpaired) electrons. The molecule has 0 saturated heterocycles. The van der Waals surface area contributed by atoms with Gasteiger partial charge in [-0.2, -0.15) is 0 Å². The van der Waals surface area contributed by atoms with Gasteiger partial charge in [-0.05, 0) is 25.0 Å². The maximum Gasteiger partial charge on any atom is 0.241 e. The number of nitrogens with one attached hydrogen (secondary N) is 1. The fourth-order valence-electron chi connectivity index (χ4n) is 1.51. The van der Waals surface area contributed by atoms with Gasteiger partial charge in [-0.3, -0.25) is 0 Å². The van der Waals surface area contributed by atoms with E-state index in [2.05, 4.69) is 4.72 Å². The molecule has 0 bridgehead atoms. The molecule has 0 fully saturated rings. The van der Waals surface area contributed by atoms with Crippen LogP contribution >= 0.6 is 11.6 Å². The number of benzene rings is 1. The van der Waals surface area contributed by atoms with Crippen molar-refractivity contribution >= 4 is 21.6 Å². The van der Waals surface area contributed by atoms with Crippen LogP contribution in [0.3, 0.4) is 0 Å². The van der Waals surface area contributed by atoms with Gasteiger partial charge < -0.3 is 9.84 Å². The smallest absolute Gasteiger partial charge is 0.241 e. The average molecular weight is 322 g/mol. The molecule has 20 heavy (non-hydrogen) atoms. The van der Waals surface area contributed by atoms with Crippen molar-refractivity contribution in [1.29, 1.82) is 0 Å². The number of aliphatic hydroxyl groups excluding tert-OH is 1. The Hall–Kier alpha value is -0.820. The lowest BCUT2D eigenvalue weighted by atomic mass is 10.3. The molecule has 0 heterocycles. The molecule has 0 aliphatic rings. The van der Waals surface area contributed by atoms with Crippen LogP contribution in [0.2, 0.25) is 5.02 Å². The van der Waals surface area contributed by atoms with Crippen LogP contribution in [0.5, 0.6) is 5.75 Å². The van der Waals surface area contributed by atoms with Crippen molar-refractivity contribution in [3.63, 3.8) is 0 Å². The summed E-state index contributed by atoms with van der Waals surface area (Å²) >= 11 is 5.96. The number of halogens is 1. The highest BCUT2D eigenvalue weighted by Gasteiger charge is 2.20. The number of rotatable bonds is 8. The molecule has 1 aromatic carbocycles. The second-order valence-electron chi connectivity index (χ2n) is 4.35. The fourth-order valence-corrected chi connectivity index (χ4v) is 3.01. The SMILES string of the molecule is CCCOc1cc(S(=O)(=O)NC(CC)CO)ccc1Cl. The van der Waals surface area contributed by atoms with E-state index >= 15 is 0 Å². The van der Waals surface area contributed by atoms with Crippen molar-refractivity contribution in [2.45, 2.75) is 37.6 Å². The van der Waals surface area contributed by atoms with Crippen molar-refractivity contribution in [1.82, 2.24) is 4.72 Å². The normalized spacial score (nSPS) is 13.2. The van der Waals surface area contributed by atoms with Crippen LogP contribution in [0.25, 0.3) is 0 Å². The fraction of sp³-hybridized carbons (Fsp3) is 0.538. The van der Waals surface area contributed by atoms with Crippen LogP contribution in [-0.2, 0) is 10.0 Å². The molecule has 1 unspecified atom stereocenters. The van der Waals surface area contributed by atoms with Crippen molar-refractivity contribution in [3.05, 3.63) is 23.2 Å². The number of sulfonamides is 1. The Bertz CT molecular complexity index is 529. The molecular formula is C13H20ClNO4S. The number of ether oxygens (including phenoxy) is 1. The molecule has 2 N–H and O–H groups in total. The third-order valence-corrected chi connectivity index (χ3v) is 4.54. The van der Waals surface area contributed by atoms with E-state index < -0.39 is 16.1 Å². The summed E-state index contributed by atoms with van der Waals surface area (Å²) in [6.07, 6.45) is 1.30. The highest BCUT2D eigenvalue weighted by atomic mass is 35.5. The Morgan fingerprint density at radius 3 is 2.65 bits per heavy atom. The highest BCUT2D eigenvalue weighted by molar-refractivity contribution is 7.89. The monoisotopic (exact) mass is 321 g/mol. The second-order valence-corrected chi connectivity index (χ2v) is 6.47. The lowest BCUT2D eigenvalue weighted by molar-refractivity contribution is 0.254.